The second kappa shape index (κ2) is 6.07. The SMILES string of the molecule is N#Cc1ccc(OCc2ccc(I)cc2)c(Cl)c1. The molecule has 0 aromatic heterocycles. The molecule has 0 amide bonds. The van der Waals surface area contributed by atoms with E-state index in [0.717, 1.165) is 5.56 Å². The van der Waals surface area contributed by atoms with Crippen molar-refractivity contribution >= 4 is 34.2 Å². The Morgan fingerprint density at radius 3 is 2.50 bits per heavy atom. The van der Waals surface area contributed by atoms with Gasteiger partial charge >= 0.3 is 0 Å². The molecule has 0 bridgehead atoms. The first-order chi connectivity index (χ1) is 8.69. The predicted molar refractivity (Wildman–Crippen MR) is 79.7 cm³/mol. The molecule has 0 radical (unpaired) electrons. The quantitative estimate of drug-likeness (QED) is 0.752. The molecule has 0 N–H and O–H groups in total. The van der Waals surface area contributed by atoms with Crippen LogP contribution >= 0.6 is 34.2 Å². The van der Waals surface area contributed by atoms with Crippen molar-refractivity contribution in [3.05, 3.63) is 62.2 Å². The highest BCUT2D eigenvalue weighted by molar-refractivity contribution is 14.1. The zero-order valence-electron chi connectivity index (χ0n) is 9.36. The molecule has 2 aromatic rings. The van der Waals surface area contributed by atoms with Crippen molar-refractivity contribution < 1.29 is 4.74 Å². The van der Waals surface area contributed by atoms with Crippen LogP contribution in [-0.4, -0.2) is 0 Å². The molecule has 0 saturated heterocycles. The monoisotopic (exact) mass is 369 g/mol. The fraction of sp³-hybridized carbons (Fsp3) is 0.0714. The van der Waals surface area contributed by atoms with Crippen molar-refractivity contribution in [1.29, 1.82) is 5.26 Å². The lowest BCUT2D eigenvalue weighted by molar-refractivity contribution is 0.306. The lowest BCUT2D eigenvalue weighted by Gasteiger charge is -2.08. The highest BCUT2D eigenvalue weighted by Crippen LogP contribution is 2.26. The van der Waals surface area contributed by atoms with Crippen LogP contribution < -0.4 is 4.74 Å². The third-order valence-electron chi connectivity index (χ3n) is 2.37. The first kappa shape index (κ1) is 13.2. The Balaban J connectivity index is 2.06. The lowest BCUT2D eigenvalue weighted by atomic mass is 10.2. The van der Waals surface area contributed by atoms with Gasteiger partial charge in [0.2, 0.25) is 0 Å². The summed E-state index contributed by atoms with van der Waals surface area (Å²) in [5, 5.41) is 9.19. The maximum absolute atomic E-state index is 8.74. The predicted octanol–water partition coefficient (Wildman–Crippen LogP) is 4.40. The molecule has 0 aliphatic heterocycles. The van der Waals surface area contributed by atoms with Gasteiger partial charge in [0.05, 0.1) is 16.7 Å². The summed E-state index contributed by atoms with van der Waals surface area (Å²) in [4.78, 5) is 0. The van der Waals surface area contributed by atoms with E-state index in [1.54, 1.807) is 18.2 Å². The number of hydrogen-bond acceptors (Lipinski definition) is 2. The fourth-order valence-corrected chi connectivity index (χ4v) is 2.02. The summed E-state index contributed by atoms with van der Waals surface area (Å²) in [6, 6.07) is 15.1. The van der Waals surface area contributed by atoms with Gasteiger partial charge in [-0.3, -0.25) is 0 Å². The number of hydrogen-bond donors (Lipinski definition) is 0. The summed E-state index contributed by atoms with van der Waals surface area (Å²) in [6.07, 6.45) is 0. The molecule has 0 aliphatic carbocycles. The first-order valence-corrected chi connectivity index (χ1v) is 6.71. The van der Waals surface area contributed by atoms with Crippen LogP contribution in [0.2, 0.25) is 5.02 Å². The van der Waals surface area contributed by atoms with Crippen molar-refractivity contribution in [2.45, 2.75) is 6.61 Å². The number of ether oxygens (including phenoxy) is 1. The van der Waals surface area contributed by atoms with Gasteiger partial charge in [-0.15, -0.1) is 0 Å². The highest BCUT2D eigenvalue weighted by Gasteiger charge is 2.03. The standard InChI is InChI=1S/C14H9ClINO/c15-13-7-11(8-17)3-6-14(13)18-9-10-1-4-12(16)5-2-10/h1-7H,9H2. The van der Waals surface area contributed by atoms with Crippen LogP contribution in [0.3, 0.4) is 0 Å². The van der Waals surface area contributed by atoms with E-state index in [1.807, 2.05) is 30.3 Å². The third-order valence-corrected chi connectivity index (χ3v) is 3.38. The summed E-state index contributed by atoms with van der Waals surface area (Å²) in [5.74, 6) is 0.592. The van der Waals surface area contributed by atoms with Crippen molar-refractivity contribution in [2.75, 3.05) is 0 Å². The molecule has 2 rings (SSSR count). The number of halogens is 2. The Labute approximate surface area is 124 Å². The van der Waals surface area contributed by atoms with Crippen LogP contribution in [0.1, 0.15) is 11.1 Å². The molecule has 2 aromatic carbocycles. The molecule has 0 heterocycles. The Morgan fingerprint density at radius 1 is 1.17 bits per heavy atom. The van der Waals surface area contributed by atoms with Gasteiger partial charge in [0.15, 0.2) is 0 Å². The Bertz CT molecular complexity index is 590. The van der Waals surface area contributed by atoms with E-state index < -0.39 is 0 Å². The van der Waals surface area contributed by atoms with E-state index in [2.05, 4.69) is 22.6 Å². The summed E-state index contributed by atoms with van der Waals surface area (Å²) in [5.41, 5.74) is 1.61. The van der Waals surface area contributed by atoms with Crippen LogP contribution in [0.15, 0.2) is 42.5 Å². The van der Waals surface area contributed by atoms with Crippen molar-refractivity contribution in [2.24, 2.45) is 0 Å². The molecule has 0 saturated carbocycles. The molecule has 0 aliphatic rings. The second-order valence-corrected chi connectivity index (χ2v) is 5.32. The molecule has 18 heavy (non-hydrogen) atoms. The maximum Gasteiger partial charge on any atom is 0.138 e. The van der Waals surface area contributed by atoms with Gasteiger partial charge in [0.1, 0.15) is 12.4 Å². The van der Waals surface area contributed by atoms with Gasteiger partial charge in [0, 0.05) is 3.57 Å². The summed E-state index contributed by atoms with van der Waals surface area (Å²) in [7, 11) is 0. The topological polar surface area (TPSA) is 33.0 Å². The normalized spacial score (nSPS) is 9.83. The molecule has 0 atom stereocenters. The van der Waals surface area contributed by atoms with Crippen LogP contribution in [0.5, 0.6) is 5.75 Å². The van der Waals surface area contributed by atoms with E-state index in [-0.39, 0.29) is 0 Å². The lowest BCUT2D eigenvalue weighted by Crippen LogP contribution is -1.96. The van der Waals surface area contributed by atoms with Crippen LogP contribution in [-0.2, 0) is 6.61 Å². The average Bonchev–Trinajstić information content (AvgIpc) is 2.39. The van der Waals surface area contributed by atoms with Gasteiger partial charge < -0.3 is 4.74 Å². The van der Waals surface area contributed by atoms with Gasteiger partial charge in [-0.25, -0.2) is 0 Å². The summed E-state index contributed by atoms with van der Waals surface area (Å²) >= 11 is 8.28. The summed E-state index contributed by atoms with van der Waals surface area (Å²) < 4.78 is 6.81. The molecule has 0 unspecified atom stereocenters. The largest absolute Gasteiger partial charge is 0.487 e. The average molecular weight is 370 g/mol. The zero-order chi connectivity index (χ0) is 13.0. The number of nitriles is 1. The zero-order valence-corrected chi connectivity index (χ0v) is 12.3. The van der Waals surface area contributed by atoms with Crippen molar-refractivity contribution in [3.63, 3.8) is 0 Å². The number of rotatable bonds is 3. The molecule has 0 spiro atoms. The molecular formula is C14H9ClINO. The molecule has 0 fully saturated rings. The third kappa shape index (κ3) is 3.37. The van der Waals surface area contributed by atoms with Crippen molar-refractivity contribution in [3.8, 4) is 11.8 Å². The minimum atomic E-state index is 0.458. The maximum atomic E-state index is 8.74. The van der Waals surface area contributed by atoms with E-state index >= 15 is 0 Å². The van der Waals surface area contributed by atoms with E-state index in [4.69, 9.17) is 21.6 Å². The Kier molecular flexibility index (Phi) is 4.45. The van der Waals surface area contributed by atoms with Gasteiger partial charge in [-0.2, -0.15) is 5.26 Å². The number of benzene rings is 2. The Morgan fingerprint density at radius 2 is 1.89 bits per heavy atom. The van der Waals surface area contributed by atoms with Gasteiger partial charge in [0.25, 0.3) is 0 Å². The van der Waals surface area contributed by atoms with Crippen LogP contribution in [0, 0.1) is 14.9 Å². The minimum absolute atomic E-state index is 0.458. The van der Waals surface area contributed by atoms with Crippen molar-refractivity contribution in [1.82, 2.24) is 0 Å². The molecule has 4 heteroatoms. The minimum Gasteiger partial charge on any atom is -0.487 e. The van der Waals surface area contributed by atoms with E-state index in [1.165, 1.54) is 3.57 Å². The molecule has 90 valence electrons. The molecular weight excluding hydrogens is 361 g/mol. The smallest absolute Gasteiger partial charge is 0.138 e. The van der Waals surface area contributed by atoms with Crippen LogP contribution in [0.4, 0.5) is 0 Å². The fourth-order valence-electron chi connectivity index (χ4n) is 1.43. The summed E-state index contributed by atoms with van der Waals surface area (Å²) in [6.45, 7) is 0.461. The van der Waals surface area contributed by atoms with Gasteiger partial charge in [-0.1, -0.05) is 23.7 Å². The van der Waals surface area contributed by atoms with Gasteiger partial charge in [-0.05, 0) is 58.5 Å². The second-order valence-electron chi connectivity index (χ2n) is 3.67. The first-order valence-electron chi connectivity index (χ1n) is 5.26. The highest BCUT2D eigenvalue weighted by atomic mass is 127. The van der Waals surface area contributed by atoms with E-state index in [9.17, 15) is 0 Å². The van der Waals surface area contributed by atoms with Crippen LogP contribution in [0.25, 0.3) is 0 Å². The molecule has 2 nitrogen and oxygen atoms in total. The Hall–Kier alpha value is -1.25. The van der Waals surface area contributed by atoms with E-state index in [0.29, 0.717) is 22.9 Å². The number of nitrogens with zero attached hydrogens (tertiary/aromatic N) is 1.